The molecular formula is C12H21NO2. The summed E-state index contributed by atoms with van der Waals surface area (Å²) in [5, 5.41) is 0. The molecule has 2 aliphatic heterocycles. The minimum absolute atomic E-state index is 0.0139. The van der Waals surface area contributed by atoms with Gasteiger partial charge in [-0.2, -0.15) is 0 Å². The van der Waals surface area contributed by atoms with Gasteiger partial charge in [-0.3, -0.25) is 9.69 Å². The van der Waals surface area contributed by atoms with Crippen molar-refractivity contribution in [2.45, 2.75) is 51.6 Å². The fraction of sp³-hybridized carbons (Fsp3) is 0.917. The van der Waals surface area contributed by atoms with Crippen LogP contribution in [0.25, 0.3) is 0 Å². The van der Waals surface area contributed by atoms with E-state index in [1.165, 1.54) is 6.42 Å². The quantitative estimate of drug-likeness (QED) is 0.652. The zero-order valence-electron chi connectivity index (χ0n) is 9.95. The van der Waals surface area contributed by atoms with Crippen molar-refractivity contribution >= 4 is 5.97 Å². The van der Waals surface area contributed by atoms with Crippen LogP contribution in [0.1, 0.15) is 40.0 Å². The van der Waals surface area contributed by atoms with E-state index in [-0.39, 0.29) is 17.4 Å². The highest BCUT2D eigenvalue weighted by Crippen LogP contribution is 2.43. The van der Waals surface area contributed by atoms with Crippen molar-refractivity contribution < 1.29 is 9.53 Å². The predicted molar refractivity (Wildman–Crippen MR) is 58.5 cm³/mol. The topological polar surface area (TPSA) is 29.5 Å². The van der Waals surface area contributed by atoms with E-state index < -0.39 is 0 Å². The van der Waals surface area contributed by atoms with Crippen LogP contribution < -0.4 is 0 Å². The summed E-state index contributed by atoms with van der Waals surface area (Å²) < 4.78 is 5.16. The SMILES string of the molecule is CCOC(=O)[C@H]1CC(C)(C)N2CCC[C@H]12. The molecule has 0 radical (unpaired) electrons. The molecule has 0 amide bonds. The summed E-state index contributed by atoms with van der Waals surface area (Å²) >= 11 is 0. The van der Waals surface area contributed by atoms with E-state index in [0.29, 0.717) is 12.6 Å². The van der Waals surface area contributed by atoms with Crippen LogP contribution in [-0.4, -0.2) is 35.6 Å². The lowest BCUT2D eigenvalue weighted by atomic mass is 9.92. The third-order valence-electron chi connectivity index (χ3n) is 3.85. The van der Waals surface area contributed by atoms with Crippen molar-refractivity contribution in [1.29, 1.82) is 0 Å². The molecule has 0 saturated carbocycles. The molecule has 0 aromatic heterocycles. The number of nitrogens with zero attached hydrogens (tertiary/aromatic N) is 1. The summed E-state index contributed by atoms with van der Waals surface area (Å²) in [5.41, 5.74) is 0.179. The molecule has 2 aliphatic rings. The molecule has 0 bridgehead atoms. The maximum Gasteiger partial charge on any atom is 0.310 e. The molecule has 2 fully saturated rings. The Balaban J connectivity index is 2.11. The molecule has 0 aromatic rings. The number of hydrogen-bond acceptors (Lipinski definition) is 3. The summed E-state index contributed by atoms with van der Waals surface area (Å²) in [4.78, 5) is 14.3. The lowest BCUT2D eigenvalue weighted by Gasteiger charge is -2.30. The third kappa shape index (κ3) is 1.78. The second kappa shape index (κ2) is 3.78. The number of esters is 1. The van der Waals surface area contributed by atoms with E-state index in [0.717, 1.165) is 19.4 Å². The van der Waals surface area contributed by atoms with E-state index in [2.05, 4.69) is 18.7 Å². The molecular weight excluding hydrogens is 190 g/mol. The lowest BCUT2D eigenvalue weighted by Crippen LogP contribution is -2.39. The highest BCUT2D eigenvalue weighted by Gasteiger charge is 2.51. The fourth-order valence-corrected chi connectivity index (χ4v) is 3.24. The number of rotatable bonds is 2. The van der Waals surface area contributed by atoms with Crippen molar-refractivity contribution in [3.8, 4) is 0 Å². The first-order chi connectivity index (χ1) is 7.06. The van der Waals surface area contributed by atoms with Gasteiger partial charge in [0.15, 0.2) is 0 Å². The minimum Gasteiger partial charge on any atom is -0.466 e. The molecule has 3 nitrogen and oxygen atoms in total. The first kappa shape index (κ1) is 10.9. The molecule has 2 heterocycles. The van der Waals surface area contributed by atoms with Crippen LogP contribution in [0, 0.1) is 5.92 Å². The molecule has 3 heteroatoms. The lowest BCUT2D eigenvalue weighted by molar-refractivity contribution is -0.148. The van der Waals surface area contributed by atoms with E-state index >= 15 is 0 Å². The molecule has 0 spiro atoms. The third-order valence-corrected chi connectivity index (χ3v) is 3.85. The van der Waals surface area contributed by atoms with Gasteiger partial charge in [-0.25, -0.2) is 0 Å². The molecule has 0 N–H and O–H groups in total. The van der Waals surface area contributed by atoms with Gasteiger partial charge in [-0.1, -0.05) is 0 Å². The average Bonchev–Trinajstić information content (AvgIpc) is 2.70. The van der Waals surface area contributed by atoms with Gasteiger partial charge in [0.25, 0.3) is 0 Å². The standard InChI is InChI=1S/C12H21NO2/c1-4-15-11(14)9-8-12(2,3)13-7-5-6-10(9)13/h9-10H,4-8H2,1-3H3/t9-,10+/m0/s1. The fourth-order valence-electron chi connectivity index (χ4n) is 3.24. The molecule has 0 aliphatic carbocycles. The molecule has 2 rings (SSSR count). The second-order valence-corrected chi connectivity index (χ2v) is 5.28. The highest BCUT2D eigenvalue weighted by atomic mass is 16.5. The smallest absolute Gasteiger partial charge is 0.310 e. The minimum atomic E-state index is 0.0139. The summed E-state index contributed by atoms with van der Waals surface area (Å²) in [5.74, 6) is 0.127. The Morgan fingerprint density at radius 1 is 1.53 bits per heavy atom. The average molecular weight is 211 g/mol. The largest absolute Gasteiger partial charge is 0.466 e. The Kier molecular flexibility index (Phi) is 2.75. The van der Waals surface area contributed by atoms with Crippen LogP contribution in [0.5, 0.6) is 0 Å². The van der Waals surface area contributed by atoms with Gasteiger partial charge in [0.05, 0.1) is 12.5 Å². The number of hydrogen-bond donors (Lipinski definition) is 0. The van der Waals surface area contributed by atoms with E-state index in [1.807, 2.05) is 6.92 Å². The second-order valence-electron chi connectivity index (χ2n) is 5.28. The first-order valence-electron chi connectivity index (χ1n) is 5.99. The monoisotopic (exact) mass is 211 g/mol. The Hall–Kier alpha value is -0.570. The van der Waals surface area contributed by atoms with Crippen LogP contribution in [0.3, 0.4) is 0 Å². The molecule has 0 unspecified atom stereocenters. The number of ether oxygens (including phenoxy) is 1. The van der Waals surface area contributed by atoms with Gasteiger partial charge < -0.3 is 4.74 Å². The van der Waals surface area contributed by atoms with Crippen LogP contribution in [0.15, 0.2) is 0 Å². The van der Waals surface area contributed by atoms with Crippen molar-refractivity contribution in [1.82, 2.24) is 4.90 Å². The van der Waals surface area contributed by atoms with Gasteiger partial charge in [0.1, 0.15) is 0 Å². The van der Waals surface area contributed by atoms with Crippen LogP contribution >= 0.6 is 0 Å². The van der Waals surface area contributed by atoms with E-state index in [1.54, 1.807) is 0 Å². The van der Waals surface area contributed by atoms with Gasteiger partial charge in [0, 0.05) is 11.6 Å². The molecule has 86 valence electrons. The van der Waals surface area contributed by atoms with Crippen molar-refractivity contribution in [3.63, 3.8) is 0 Å². The Morgan fingerprint density at radius 2 is 2.27 bits per heavy atom. The summed E-state index contributed by atoms with van der Waals surface area (Å²) in [6.45, 7) is 8.01. The van der Waals surface area contributed by atoms with Crippen LogP contribution in [0.2, 0.25) is 0 Å². The van der Waals surface area contributed by atoms with Crippen molar-refractivity contribution in [3.05, 3.63) is 0 Å². The summed E-state index contributed by atoms with van der Waals surface area (Å²) in [6.07, 6.45) is 3.34. The van der Waals surface area contributed by atoms with E-state index in [4.69, 9.17) is 4.74 Å². The molecule has 0 aromatic carbocycles. The highest BCUT2D eigenvalue weighted by molar-refractivity contribution is 5.74. The molecule has 2 saturated heterocycles. The predicted octanol–water partition coefficient (Wildman–Crippen LogP) is 1.81. The van der Waals surface area contributed by atoms with Crippen molar-refractivity contribution in [2.75, 3.05) is 13.2 Å². The maximum absolute atomic E-state index is 11.8. The normalized spacial score (nSPS) is 34.1. The number of carbonyl (C=O) groups excluding carboxylic acids is 1. The first-order valence-corrected chi connectivity index (χ1v) is 5.99. The molecule has 2 atom stereocenters. The van der Waals surface area contributed by atoms with Crippen LogP contribution in [0.4, 0.5) is 0 Å². The Labute approximate surface area is 91.8 Å². The van der Waals surface area contributed by atoms with Gasteiger partial charge in [0.2, 0.25) is 0 Å². The number of carbonyl (C=O) groups is 1. The number of fused-ring (bicyclic) bond motifs is 1. The maximum atomic E-state index is 11.8. The molecule has 15 heavy (non-hydrogen) atoms. The van der Waals surface area contributed by atoms with Gasteiger partial charge >= 0.3 is 5.97 Å². The van der Waals surface area contributed by atoms with Crippen molar-refractivity contribution in [2.24, 2.45) is 5.92 Å². The Bertz CT molecular complexity index is 262. The zero-order chi connectivity index (χ0) is 11.1. The zero-order valence-corrected chi connectivity index (χ0v) is 9.95. The summed E-state index contributed by atoms with van der Waals surface area (Å²) in [6, 6.07) is 0.444. The van der Waals surface area contributed by atoms with Gasteiger partial charge in [-0.15, -0.1) is 0 Å². The van der Waals surface area contributed by atoms with Crippen LogP contribution in [-0.2, 0) is 9.53 Å². The van der Waals surface area contributed by atoms with Gasteiger partial charge in [-0.05, 0) is 46.6 Å². The summed E-state index contributed by atoms with van der Waals surface area (Å²) in [7, 11) is 0. The Morgan fingerprint density at radius 3 is 2.93 bits per heavy atom. The van der Waals surface area contributed by atoms with E-state index in [9.17, 15) is 4.79 Å².